The predicted octanol–water partition coefficient (Wildman–Crippen LogP) is 3.13. The van der Waals surface area contributed by atoms with Crippen LogP contribution < -0.4 is 5.32 Å². The fourth-order valence-corrected chi connectivity index (χ4v) is 3.61. The van der Waals surface area contributed by atoms with Gasteiger partial charge in [-0.15, -0.1) is 0 Å². The van der Waals surface area contributed by atoms with Crippen molar-refractivity contribution in [1.82, 2.24) is 20.1 Å². The fourth-order valence-electron chi connectivity index (χ4n) is 3.61. The number of carbonyl (C=O) groups excluding carboxylic acids is 2. The van der Waals surface area contributed by atoms with Gasteiger partial charge < -0.3 is 14.8 Å². The predicted molar refractivity (Wildman–Crippen MR) is 116 cm³/mol. The average Bonchev–Trinajstić information content (AvgIpc) is 3.45. The molecule has 8 heteroatoms. The highest BCUT2D eigenvalue weighted by atomic mass is 16.5. The van der Waals surface area contributed by atoms with E-state index in [0.717, 1.165) is 25.0 Å². The Hall–Kier alpha value is -3.26. The van der Waals surface area contributed by atoms with Crippen LogP contribution in [0.4, 0.5) is 0 Å². The number of benzene rings is 1. The summed E-state index contributed by atoms with van der Waals surface area (Å²) in [7, 11) is 0. The number of fused-ring (bicyclic) bond motifs is 1. The van der Waals surface area contributed by atoms with E-state index in [-0.39, 0.29) is 24.7 Å². The summed E-state index contributed by atoms with van der Waals surface area (Å²) in [6.07, 6.45) is 3.58. The Bertz CT molecular complexity index is 1070. The molecule has 3 heterocycles. The van der Waals surface area contributed by atoms with E-state index in [9.17, 15) is 9.59 Å². The molecule has 31 heavy (non-hydrogen) atoms. The smallest absolute Gasteiger partial charge is 0.339 e. The molecule has 0 spiro atoms. The van der Waals surface area contributed by atoms with Crippen molar-refractivity contribution in [2.45, 2.75) is 38.8 Å². The normalized spacial score (nSPS) is 16.0. The maximum absolute atomic E-state index is 12.9. The molecule has 0 saturated carbocycles. The summed E-state index contributed by atoms with van der Waals surface area (Å²) in [4.78, 5) is 29.7. The molecule has 4 rings (SSSR count). The quantitative estimate of drug-likeness (QED) is 0.588. The standard InChI is InChI=1S/C23H26N4O4/c1-15(2)27-22-19(13-25-27)18(11-20(26-22)16-7-4-3-5-8-16)23(29)31-14-21(28)24-12-17-9-6-10-30-17/h3-5,7-8,11,13,15,17H,6,9-10,12,14H2,1-2H3,(H,24,28)/t17-/m0/s1. The Kier molecular flexibility index (Phi) is 6.27. The number of nitrogens with zero attached hydrogens (tertiary/aromatic N) is 3. The molecular weight excluding hydrogens is 396 g/mol. The molecule has 1 aliphatic heterocycles. The molecule has 0 bridgehead atoms. The van der Waals surface area contributed by atoms with Crippen LogP contribution in [0.1, 0.15) is 43.1 Å². The van der Waals surface area contributed by atoms with E-state index >= 15 is 0 Å². The monoisotopic (exact) mass is 422 g/mol. The number of hydrogen-bond donors (Lipinski definition) is 1. The lowest BCUT2D eigenvalue weighted by atomic mass is 10.1. The van der Waals surface area contributed by atoms with Crippen molar-refractivity contribution in [2.24, 2.45) is 0 Å². The molecule has 2 aromatic heterocycles. The number of aromatic nitrogens is 3. The molecule has 1 fully saturated rings. The molecule has 0 unspecified atom stereocenters. The molecule has 1 N–H and O–H groups in total. The van der Waals surface area contributed by atoms with Crippen LogP contribution in [-0.4, -0.2) is 52.5 Å². The molecule has 0 radical (unpaired) electrons. The summed E-state index contributed by atoms with van der Waals surface area (Å²) < 4.78 is 12.6. The molecule has 8 nitrogen and oxygen atoms in total. The minimum Gasteiger partial charge on any atom is -0.452 e. The first-order valence-electron chi connectivity index (χ1n) is 10.5. The number of nitrogens with one attached hydrogen (secondary N) is 1. The molecule has 1 amide bonds. The third kappa shape index (κ3) is 4.74. The Morgan fingerprint density at radius 2 is 2.10 bits per heavy atom. The van der Waals surface area contributed by atoms with Crippen LogP contribution in [-0.2, 0) is 14.3 Å². The van der Waals surface area contributed by atoms with Crippen LogP contribution in [0.3, 0.4) is 0 Å². The zero-order valence-electron chi connectivity index (χ0n) is 17.7. The van der Waals surface area contributed by atoms with Gasteiger partial charge in [-0.05, 0) is 32.8 Å². The van der Waals surface area contributed by atoms with Crippen LogP contribution in [0, 0.1) is 0 Å². The van der Waals surface area contributed by atoms with E-state index in [1.54, 1.807) is 16.9 Å². The SMILES string of the molecule is CC(C)n1ncc2c(C(=O)OCC(=O)NC[C@@H]3CCCO3)cc(-c3ccccc3)nc21. The highest BCUT2D eigenvalue weighted by Crippen LogP contribution is 2.26. The molecule has 1 aromatic carbocycles. The van der Waals surface area contributed by atoms with Gasteiger partial charge in [0.15, 0.2) is 12.3 Å². The van der Waals surface area contributed by atoms with Gasteiger partial charge in [0, 0.05) is 24.8 Å². The summed E-state index contributed by atoms with van der Waals surface area (Å²) >= 11 is 0. The second kappa shape index (κ2) is 9.26. The summed E-state index contributed by atoms with van der Waals surface area (Å²) in [5, 5.41) is 7.75. The molecule has 1 saturated heterocycles. The van der Waals surface area contributed by atoms with Crippen LogP contribution >= 0.6 is 0 Å². The van der Waals surface area contributed by atoms with Crippen molar-refractivity contribution in [2.75, 3.05) is 19.8 Å². The van der Waals surface area contributed by atoms with Gasteiger partial charge in [-0.1, -0.05) is 30.3 Å². The van der Waals surface area contributed by atoms with Crippen molar-refractivity contribution in [3.8, 4) is 11.3 Å². The van der Waals surface area contributed by atoms with Gasteiger partial charge in [-0.25, -0.2) is 14.5 Å². The Balaban J connectivity index is 1.55. The molecule has 1 atom stereocenters. The first kappa shape index (κ1) is 21.0. The topological polar surface area (TPSA) is 95.3 Å². The number of hydrogen-bond acceptors (Lipinski definition) is 6. The van der Waals surface area contributed by atoms with Crippen LogP contribution in [0.2, 0.25) is 0 Å². The van der Waals surface area contributed by atoms with Crippen LogP contribution in [0.25, 0.3) is 22.3 Å². The van der Waals surface area contributed by atoms with Crippen LogP contribution in [0.15, 0.2) is 42.6 Å². The van der Waals surface area contributed by atoms with E-state index in [1.807, 2.05) is 44.2 Å². The molecule has 1 aliphatic rings. The fraction of sp³-hybridized carbons (Fsp3) is 0.391. The Morgan fingerprint density at radius 3 is 2.81 bits per heavy atom. The lowest BCUT2D eigenvalue weighted by Crippen LogP contribution is -2.34. The van der Waals surface area contributed by atoms with Crippen molar-refractivity contribution in [3.05, 3.63) is 48.2 Å². The first-order chi connectivity index (χ1) is 15.0. The second-order valence-corrected chi connectivity index (χ2v) is 7.86. The summed E-state index contributed by atoms with van der Waals surface area (Å²) in [5.74, 6) is -0.935. The lowest BCUT2D eigenvalue weighted by Gasteiger charge is -2.12. The zero-order chi connectivity index (χ0) is 21.8. The van der Waals surface area contributed by atoms with Gasteiger partial charge in [0.25, 0.3) is 5.91 Å². The highest BCUT2D eigenvalue weighted by Gasteiger charge is 2.21. The van der Waals surface area contributed by atoms with E-state index in [0.29, 0.717) is 28.8 Å². The van der Waals surface area contributed by atoms with Gasteiger partial charge in [0.1, 0.15) is 0 Å². The number of esters is 1. The maximum Gasteiger partial charge on any atom is 0.339 e. The van der Waals surface area contributed by atoms with Gasteiger partial charge in [-0.2, -0.15) is 5.10 Å². The minimum atomic E-state index is -0.583. The first-order valence-corrected chi connectivity index (χ1v) is 10.5. The van der Waals surface area contributed by atoms with Crippen LogP contribution in [0.5, 0.6) is 0 Å². The van der Waals surface area contributed by atoms with Gasteiger partial charge >= 0.3 is 5.97 Å². The van der Waals surface area contributed by atoms with E-state index < -0.39 is 5.97 Å². The molecule has 0 aliphatic carbocycles. The highest BCUT2D eigenvalue weighted by molar-refractivity contribution is 6.04. The van der Waals surface area contributed by atoms with E-state index in [4.69, 9.17) is 14.5 Å². The van der Waals surface area contributed by atoms with Gasteiger partial charge in [-0.3, -0.25) is 4.79 Å². The number of amides is 1. The molecular formula is C23H26N4O4. The van der Waals surface area contributed by atoms with Crippen molar-refractivity contribution < 1.29 is 19.1 Å². The summed E-state index contributed by atoms with van der Waals surface area (Å²) in [5.41, 5.74) is 2.46. The summed E-state index contributed by atoms with van der Waals surface area (Å²) in [6.45, 7) is 4.80. The number of carbonyl (C=O) groups is 2. The zero-order valence-corrected chi connectivity index (χ0v) is 17.7. The average molecular weight is 422 g/mol. The summed E-state index contributed by atoms with van der Waals surface area (Å²) in [6, 6.07) is 11.4. The maximum atomic E-state index is 12.9. The third-order valence-corrected chi connectivity index (χ3v) is 5.23. The Labute approximate surface area is 180 Å². The number of pyridine rings is 1. The second-order valence-electron chi connectivity index (χ2n) is 7.86. The van der Waals surface area contributed by atoms with Gasteiger partial charge in [0.05, 0.1) is 28.9 Å². The molecule has 162 valence electrons. The van der Waals surface area contributed by atoms with E-state index in [2.05, 4.69) is 10.4 Å². The number of ether oxygens (including phenoxy) is 2. The Morgan fingerprint density at radius 1 is 1.29 bits per heavy atom. The molecule has 3 aromatic rings. The van der Waals surface area contributed by atoms with Crippen molar-refractivity contribution in [1.29, 1.82) is 0 Å². The lowest BCUT2D eigenvalue weighted by molar-refractivity contribution is -0.124. The largest absolute Gasteiger partial charge is 0.452 e. The van der Waals surface area contributed by atoms with Gasteiger partial charge in [0.2, 0.25) is 0 Å². The third-order valence-electron chi connectivity index (χ3n) is 5.23. The van der Waals surface area contributed by atoms with Crippen molar-refractivity contribution >= 4 is 22.9 Å². The minimum absolute atomic E-state index is 0.0368. The van der Waals surface area contributed by atoms with Crippen molar-refractivity contribution in [3.63, 3.8) is 0 Å². The van der Waals surface area contributed by atoms with E-state index in [1.165, 1.54) is 0 Å². The number of rotatable bonds is 7.